The van der Waals surface area contributed by atoms with E-state index in [0.29, 0.717) is 24.2 Å². The minimum atomic E-state index is -0.339. The van der Waals surface area contributed by atoms with Gasteiger partial charge >= 0.3 is 0 Å². The molecule has 27 heavy (non-hydrogen) atoms. The molecule has 2 aromatic rings. The highest BCUT2D eigenvalue weighted by Crippen LogP contribution is 2.20. The molecule has 0 unspecified atom stereocenters. The standard InChI is InChI=1S/C20H23FN4O.HI/c1-2-22-20(25-17-7-3-4-8-17)24-14-15-10-11-19(23-13-15)26-18-9-5-6-16(21)12-18;/h3-6,9-13,17H,2,7-8,14H2,1H3,(H2,22,24,25);1H. The maximum Gasteiger partial charge on any atom is 0.219 e. The highest BCUT2D eigenvalue weighted by Gasteiger charge is 2.11. The molecule has 1 aromatic carbocycles. The SMILES string of the molecule is CCNC(=NCc1ccc(Oc2cccc(F)c2)nc1)NC1CC=CC1.I. The molecule has 1 aliphatic carbocycles. The van der Waals surface area contributed by atoms with Crippen molar-refractivity contribution in [3.05, 3.63) is 66.1 Å². The molecule has 0 fully saturated rings. The molecule has 3 rings (SSSR count). The summed E-state index contributed by atoms with van der Waals surface area (Å²) in [6, 6.07) is 10.1. The molecule has 0 radical (unpaired) electrons. The molecule has 0 atom stereocenters. The minimum absolute atomic E-state index is 0. The summed E-state index contributed by atoms with van der Waals surface area (Å²) in [6.07, 6.45) is 8.14. The van der Waals surface area contributed by atoms with E-state index in [1.807, 2.05) is 13.0 Å². The van der Waals surface area contributed by atoms with E-state index in [-0.39, 0.29) is 29.8 Å². The fourth-order valence-corrected chi connectivity index (χ4v) is 2.63. The number of halogens is 2. The summed E-state index contributed by atoms with van der Waals surface area (Å²) in [6.45, 7) is 3.37. The van der Waals surface area contributed by atoms with Gasteiger partial charge in [0.1, 0.15) is 11.6 Å². The van der Waals surface area contributed by atoms with Gasteiger partial charge in [0.05, 0.1) is 6.54 Å². The van der Waals surface area contributed by atoms with Gasteiger partial charge in [0, 0.05) is 30.9 Å². The Bertz CT molecular complexity index is 772. The third kappa shape index (κ3) is 6.82. The van der Waals surface area contributed by atoms with Gasteiger partial charge in [0.25, 0.3) is 0 Å². The first-order chi connectivity index (χ1) is 12.7. The lowest BCUT2D eigenvalue weighted by Crippen LogP contribution is -2.42. The smallest absolute Gasteiger partial charge is 0.219 e. The fourth-order valence-electron chi connectivity index (χ4n) is 2.63. The summed E-state index contributed by atoms with van der Waals surface area (Å²) in [4.78, 5) is 8.87. The summed E-state index contributed by atoms with van der Waals surface area (Å²) in [5.74, 6) is 1.31. The predicted octanol–water partition coefficient (Wildman–Crippen LogP) is 4.40. The van der Waals surface area contributed by atoms with E-state index in [0.717, 1.165) is 30.9 Å². The lowest BCUT2D eigenvalue weighted by molar-refractivity contribution is 0.457. The van der Waals surface area contributed by atoms with Gasteiger partial charge in [0.2, 0.25) is 5.88 Å². The number of nitrogens with one attached hydrogen (secondary N) is 2. The lowest BCUT2D eigenvalue weighted by Gasteiger charge is -2.16. The van der Waals surface area contributed by atoms with Crippen LogP contribution in [0.15, 0.2) is 59.7 Å². The number of hydrogen-bond acceptors (Lipinski definition) is 3. The van der Waals surface area contributed by atoms with Gasteiger partial charge in [-0.3, -0.25) is 0 Å². The van der Waals surface area contributed by atoms with Crippen LogP contribution in [0.5, 0.6) is 11.6 Å². The van der Waals surface area contributed by atoms with Gasteiger partial charge < -0.3 is 15.4 Å². The molecule has 0 bridgehead atoms. The van der Waals surface area contributed by atoms with Crippen molar-refractivity contribution < 1.29 is 9.13 Å². The Labute approximate surface area is 176 Å². The van der Waals surface area contributed by atoms with Gasteiger partial charge in [0.15, 0.2) is 5.96 Å². The van der Waals surface area contributed by atoms with E-state index in [1.165, 1.54) is 12.1 Å². The van der Waals surface area contributed by atoms with Crippen molar-refractivity contribution in [3.8, 4) is 11.6 Å². The molecule has 0 spiro atoms. The number of aromatic nitrogens is 1. The Kier molecular flexibility index (Phi) is 8.50. The summed E-state index contributed by atoms with van der Waals surface area (Å²) in [5, 5.41) is 6.69. The molecule has 1 aliphatic rings. The monoisotopic (exact) mass is 482 g/mol. The second-order valence-electron chi connectivity index (χ2n) is 6.04. The first-order valence-electron chi connectivity index (χ1n) is 8.81. The maximum absolute atomic E-state index is 13.2. The van der Waals surface area contributed by atoms with Crippen LogP contribution < -0.4 is 15.4 Å². The fraction of sp³-hybridized carbons (Fsp3) is 0.300. The molecule has 5 nitrogen and oxygen atoms in total. The largest absolute Gasteiger partial charge is 0.439 e. The predicted molar refractivity (Wildman–Crippen MR) is 116 cm³/mol. The number of guanidine groups is 1. The number of hydrogen-bond donors (Lipinski definition) is 2. The summed E-state index contributed by atoms with van der Waals surface area (Å²) >= 11 is 0. The van der Waals surface area contributed by atoms with Crippen LogP contribution in [-0.2, 0) is 6.54 Å². The number of ether oxygens (including phenoxy) is 1. The molecule has 0 saturated heterocycles. The maximum atomic E-state index is 13.2. The van der Waals surface area contributed by atoms with Gasteiger partial charge in [-0.15, -0.1) is 24.0 Å². The number of nitrogens with zero attached hydrogens (tertiary/aromatic N) is 2. The molecule has 0 saturated carbocycles. The highest BCUT2D eigenvalue weighted by atomic mass is 127. The number of pyridine rings is 1. The van der Waals surface area contributed by atoms with Crippen LogP contribution in [0, 0.1) is 5.82 Å². The van der Waals surface area contributed by atoms with Crippen molar-refractivity contribution >= 4 is 29.9 Å². The zero-order valence-corrected chi connectivity index (χ0v) is 17.5. The van der Waals surface area contributed by atoms with Gasteiger partial charge in [-0.1, -0.05) is 24.3 Å². The average molecular weight is 482 g/mol. The van der Waals surface area contributed by atoms with Crippen molar-refractivity contribution in [1.82, 2.24) is 15.6 Å². The van der Waals surface area contributed by atoms with Crippen LogP contribution in [0.25, 0.3) is 0 Å². The average Bonchev–Trinajstić information content (AvgIpc) is 3.14. The van der Waals surface area contributed by atoms with Gasteiger partial charge in [-0.05, 0) is 37.5 Å². The molecule has 1 aromatic heterocycles. The molecule has 2 N–H and O–H groups in total. The lowest BCUT2D eigenvalue weighted by atomic mass is 10.2. The highest BCUT2D eigenvalue weighted by molar-refractivity contribution is 14.0. The topological polar surface area (TPSA) is 58.5 Å². The normalized spacial score (nSPS) is 13.9. The zero-order chi connectivity index (χ0) is 18.2. The van der Waals surface area contributed by atoms with Crippen LogP contribution in [0.1, 0.15) is 25.3 Å². The van der Waals surface area contributed by atoms with E-state index in [4.69, 9.17) is 4.74 Å². The first-order valence-corrected chi connectivity index (χ1v) is 8.81. The van der Waals surface area contributed by atoms with Crippen molar-refractivity contribution in [3.63, 3.8) is 0 Å². The van der Waals surface area contributed by atoms with Gasteiger partial charge in [-0.2, -0.15) is 0 Å². The molecule has 144 valence electrons. The van der Waals surface area contributed by atoms with E-state index < -0.39 is 0 Å². The van der Waals surface area contributed by atoms with E-state index >= 15 is 0 Å². The molecule has 7 heteroatoms. The summed E-state index contributed by atoms with van der Waals surface area (Å²) in [7, 11) is 0. The van der Waals surface area contributed by atoms with E-state index in [1.54, 1.807) is 24.4 Å². The van der Waals surface area contributed by atoms with Crippen molar-refractivity contribution in [2.45, 2.75) is 32.4 Å². The Morgan fingerprint density at radius 2 is 2.07 bits per heavy atom. The Morgan fingerprint density at radius 1 is 1.26 bits per heavy atom. The van der Waals surface area contributed by atoms with Crippen LogP contribution in [0.4, 0.5) is 4.39 Å². The van der Waals surface area contributed by atoms with Crippen LogP contribution in [-0.4, -0.2) is 23.5 Å². The van der Waals surface area contributed by atoms with Crippen LogP contribution in [0.2, 0.25) is 0 Å². The molecule has 1 heterocycles. The van der Waals surface area contributed by atoms with Gasteiger partial charge in [-0.25, -0.2) is 14.4 Å². The third-order valence-corrected chi connectivity index (χ3v) is 3.93. The zero-order valence-electron chi connectivity index (χ0n) is 15.2. The van der Waals surface area contributed by atoms with Crippen LogP contribution >= 0.6 is 24.0 Å². The van der Waals surface area contributed by atoms with E-state index in [9.17, 15) is 4.39 Å². The third-order valence-electron chi connectivity index (χ3n) is 3.93. The minimum Gasteiger partial charge on any atom is -0.439 e. The number of benzene rings is 1. The van der Waals surface area contributed by atoms with Crippen molar-refractivity contribution in [2.24, 2.45) is 4.99 Å². The summed E-state index contributed by atoms with van der Waals surface area (Å²) < 4.78 is 18.7. The number of aliphatic imine (C=N–C) groups is 1. The Balaban J connectivity index is 0.00000261. The number of rotatable bonds is 6. The molecular weight excluding hydrogens is 458 g/mol. The van der Waals surface area contributed by atoms with E-state index in [2.05, 4.69) is 32.8 Å². The summed E-state index contributed by atoms with van der Waals surface area (Å²) in [5.41, 5.74) is 0.971. The second-order valence-corrected chi connectivity index (χ2v) is 6.04. The molecule has 0 amide bonds. The van der Waals surface area contributed by atoms with Crippen molar-refractivity contribution in [2.75, 3.05) is 6.54 Å². The first kappa shape index (κ1) is 21.1. The van der Waals surface area contributed by atoms with Crippen LogP contribution in [0.3, 0.4) is 0 Å². The van der Waals surface area contributed by atoms with Crippen molar-refractivity contribution in [1.29, 1.82) is 0 Å². The Morgan fingerprint density at radius 3 is 2.74 bits per heavy atom. The quantitative estimate of drug-likeness (QED) is 0.277. The molecular formula is C20H24FIN4O. The second kappa shape index (κ2) is 10.9. The molecule has 0 aliphatic heterocycles. The Hall–Kier alpha value is -2.16.